The lowest BCUT2D eigenvalue weighted by Crippen LogP contribution is -2.37. The van der Waals surface area contributed by atoms with E-state index in [0.717, 1.165) is 29.7 Å². The molecule has 0 radical (unpaired) electrons. The van der Waals surface area contributed by atoms with Crippen molar-refractivity contribution in [3.8, 4) is 0 Å². The van der Waals surface area contributed by atoms with E-state index in [-0.39, 0.29) is 6.10 Å². The molecule has 1 N–H and O–H groups in total. The molecule has 0 spiro atoms. The first-order valence-electron chi connectivity index (χ1n) is 5.16. The zero-order chi connectivity index (χ0) is 10.8. The van der Waals surface area contributed by atoms with Crippen molar-refractivity contribution in [1.29, 1.82) is 0 Å². The van der Waals surface area contributed by atoms with E-state index in [1.54, 1.807) is 6.20 Å². The molecule has 1 fully saturated rings. The molecular weight excluding hydrogens is 256 g/mol. The van der Waals surface area contributed by atoms with Gasteiger partial charge in [-0.15, -0.1) is 0 Å². The highest BCUT2D eigenvalue weighted by atomic mass is 79.9. The first-order chi connectivity index (χ1) is 7.16. The number of aliphatic hydroxyl groups is 1. The Labute approximate surface area is 98.3 Å². The average molecular weight is 271 g/mol. The van der Waals surface area contributed by atoms with E-state index in [9.17, 15) is 5.11 Å². The minimum Gasteiger partial charge on any atom is -0.393 e. The average Bonchev–Trinajstić information content (AvgIpc) is 2.16. The predicted octanol–water partition coefficient (Wildman–Crippen LogP) is 2.05. The molecule has 3 nitrogen and oxygen atoms in total. The zero-order valence-electron chi connectivity index (χ0n) is 8.73. The van der Waals surface area contributed by atoms with E-state index in [0.29, 0.717) is 5.92 Å². The number of pyridine rings is 1. The number of halogens is 1. The van der Waals surface area contributed by atoms with Gasteiger partial charge < -0.3 is 10.0 Å². The molecule has 15 heavy (non-hydrogen) atoms. The van der Waals surface area contributed by atoms with Crippen molar-refractivity contribution in [3.63, 3.8) is 0 Å². The molecule has 0 amide bonds. The molecule has 1 saturated carbocycles. The van der Waals surface area contributed by atoms with Crippen LogP contribution in [0.3, 0.4) is 0 Å². The topological polar surface area (TPSA) is 36.4 Å². The maximum atomic E-state index is 9.21. The Morgan fingerprint density at radius 3 is 2.93 bits per heavy atom. The van der Waals surface area contributed by atoms with Gasteiger partial charge in [0.05, 0.1) is 10.6 Å². The lowest BCUT2D eigenvalue weighted by atomic mass is 9.82. The van der Waals surface area contributed by atoms with Crippen LogP contribution >= 0.6 is 15.9 Å². The number of anilines is 1. The maximum absolute atomic E-state index is 9.21. The SMILES string of the molecule is CN(CC1CC(O)C1)c1ncccc1Br. The van der Waals surface area contributed by atoms with Crippen molar-refractivity contribution >= 4 is 21.7 Å². The lowest BCUT2D eigenvalue weighted by Gasteiger charge is -2.35. The Balaban J connectivity index is 1.96. The summed E-state index contributed by atoms with van der Waals surface area (Å²) in [5.74, 6) is 1.58. The molecule has 0 saturated heterocycles. The molecule has 0 aliphatic heterocycles. The maximum Gasteiger partial charge on any atom is 0.142 e. The highest BCUT2D eigenvalue weighted by Gasteiger charge is 2.28. The quantitative estimate of drug-likeness (QED) is 0.914. The normalized spacial score (nSPS) is 24.7. The Bertz CT molecular complexity index is 339. The van der Waals surface area contributed by atoms with Crippen LogP contribution in [0.5, 0.6) is 0 Å². The van der Waals surface area contributed by atoms with Gasteiger partial charge in [0, 0.05) is 19.8 Å². The number of aromatic nitrogens is 1. The third-order valence-electron chi connectivity index (χ3n) is 2.84. The second kappa shape index (κ2) is 4.49. The first-order valence-corrected chi connectivity index (χ1v) is 5.96. The molecule has 0 atom stereocenters. The number of aliphatic hydroxyl groups excluding tert-OH is 1. The summed E-state index contributed by atoms with van der Waals surface area (Å²) in [6.07, 6.45) is 3.58. The molecule has 0 bridgehead atoms. The van der Waals surface area contributed by atoms with Gasteiger partial charge >= 0.3 is 0 Å². The largest absolute Gasteiger partial charge is 0.393 e. The van der Waals surface area contributed by atoms with E-state index >= 15 is 0 Å². The molecule has 82 valence electrons. The molecule has 0 aromatic carbocycles. The van der Waals surface area contributed by atoms with E-state index in [1.165, 1.54) is 0 Å². The smallest absolute Gasteiger partial charge is 0.142 e. The second-order valence-electron chi connectivity index (χ2n) is 4.18. The molecule has 2 rings (SSSR count). The van der Waals surface area contributed by atoms with Gasteiger partial charge in [0.25, 0.3) is 0 Å². The van der Waals surface area contributed by atoms with Crippen molar-refractivity contribution in [3.05, 3.63) is 22.8 Å². The van der Waals surface area contributed by atoms with Gasteiger partial charge in [0.15, 0.2) is 0 Å². The summed E-state index contributed by atoms with van der Waals surface area (Å²) >= 11 is 3.49. The van der Waals surface area contributed by atoms with Crippen molar-refractivity contribution in [2.45, 2.75) is 18.9 Å². The summed E-state index contributed by atoms with van der Waals surface area (Å²) < 4.78 is 1.02. The van der Waals surface area contributed by atoms with Crippen molar-refractivity contribution in [1.82, 2.24) is 4.98 Å². The van der Waals surface area contributed by atoms with Crippen LogP contribution in [0, 0.1) is 5.92 Å². The van der Waals surface area contributed by atoms with E-state index in [1.807, 2.05) is 19.2 Å². The third-order valence-corrected chi connectivity index (χ3v) is 3.46. The number of hydrogen-bond donors (Lipinski definition) is 1. The van der Waals surface area contributed by atoms with Crippen LogP contribution < -0.4 is 4.90 Å². The summed E-state index contributed by atoms with van der Waals surface area (Å²) in [4.78, 5) is 6.46. The zero-order valence-corrected chi connectivity index (χ0v) is 10.3. The number of hydrogen-bond acceptors (Lipinski definition) is 3. The van der Waals surface area contributed by atoms with Crippen LogP contribution in [0.2, 0.25) is 0 Å². The van der Waals surface area contributed by atoms with Gasteiger partial charge in [-0.1, -0.05) is 0 Å². The fourth-order valence-corrected chi connectivity index (χ4v) is 2.54. The monoisotopic (exact) mass is 270 g/mol. The van der Waals surface area contributed by atoms with Crippen LogP contribution in [0.25, 0.3) is 0 Å². The summed E-state index contributed by atoms with van der Waals surface area (Å²) in [5, 5.41) is 9.21. The van der Waals surface area contributed by atoms with Gasteiger partial charge in [-0.25, -0.2) is 4.98 Å². The minimum atomic E-state index is -0.0735. The Morgan fingerprint density at radius 2 is 2.33 bits per heavy atom. The van der Waals surface area contributed by atoms with Crippen molar-refractivity contribution in [2.24, 2.45) is 5.92 Å². The molecule has 1 aromatic heterocycles. The van der Waals surface area contributed by atoms with E-state index in [2.05, 4.69) is 25.8 Å². The van der Waals surface area contributed by atoms with Crippen LogP contribution in [0.1, 0.15) is 12.8 Å². The highest BCUT2D eigenvalue weighted by molar-refractivity contribution is 9.10. The molecule has 1 aliphatic carbocycles. The summed E-state index contributed by atoms with van der Waals surface area (Å²) in [5.41, 5.74) is 0. The molecule has 1 aromatic rings. The van der Waals surface area contributed by atoms with Crippen molar-refractivity contribution in [2.75, 3.05) is 18.5 Å². The fourth-order valence-electron chi connectivity index (χ4n) is 1.98. The first kappa shape index (κ1) is 10.9. The number of rotatable bonds is 3. The van der Waals surface area contributed by atoms with Crippen LogP contribution in [0.4, 0.5) is 5.82 Å². The molecule has 1 aliphatic rings. The highest BCUT2D eigenvalue weighted by Crippen LogP contribution is 2.30. The van der Waals surface area contributed by atoms with E-state index in [4.69, 9.17) is 0 Å². The summed E-state index contributed by atoms with van der Waals surface area (Å²) in [7, 11) is 2.04. The Morgan fingerprint density at radius 1 is 1.60 bits per heavy atom. The van der Waals surface area contributed by atoms with Crippen LogP contribution in [-0.4, -0.2) is 29.8 Å². The minimum absolute atomic E-state index is 0.0735. The molecule has 4 heteroatoms. The fraction of sp³-hybridized carbons (Fsp3) is 0.545. The van der Waals surface area contributed by atoms with Gasteiger partial charge in [-0.2, -0.15) is 0 Å². The summed E-state index contributed by atoms with van der Waals surface area (Å²) in [6, 6.07) is 3.91. The van der Waals surface area contributed by atoms with Crippen molar-refractivity contribution < 1.29 is 5.11 Å². The molecular formula is C11H15BrN2O. The predicted molar refractivity (Wildman–Crippen MR) is 63.9 cm³/mol. The van der Waals surface area contributed by atoms with Crippen LogP contribution in [0.15, 0.2) is 22.8 Å². The van der Waals surface area contributed by atoms with Gasteiger partial charge in [-0.3, -0.25) is 0 Å². The number of nitrogens with zero attached hydrogens (tertiary/aromatic N) is 2. The van der Waals surface area contributed by atoms with E-state index < -0.39 is 0 Å². The Hall–Kier alpha value is -0.610. The standard InChI is InChI=1S/C11H15BrN2O/c1-14(7-8-5-9(15)6-8)11-10(12)3-2-4-13-11/h2-4,8-9,15H,5-7H2,1H3. The van der Waals surface area contributed by atoms with Crippen LogP contribution in [-0.2, 0) is 0 Å². The van der Waals surface area contributed by atoms with Gasteiger partial charge in [0.1, 0.15) is 5.82 Å². The second-order valence-corrected chi connectivity index (χ2v) is 5.03. The van der Waals surface area contributed by atoms with Gasteiger partial charge in [0.2, 0.25) is 0 Å². The Kier molecular flexibility index (Phi) is 3.26. The van der Waals surface area contributed by atoms with Gasteiger partial charge in [-0.05, 0) is 46.8 Å². The molecule has 0 unspecified atom stereocenters. The third kappa shape index (κ3) is 2.49. The lowest BCUT2D eigenvalue weighted by molar-refractivity contribution is 0.0464. The summed E-state index contributed by atoms with van der Waals surface area (Å²) in [6.45, 7) is 0.965. The molecule has 1 heterocycles.